The van der Waals surface area contributed by atoms with Crippen LogP contribution in [0.25, 0.3) is 0 Å². The van der Waals surface area contributed by atoms with Crippen LogP contribution in [0.2, 0.25) is 0 Å². The molecule has 0 bridgehead atoms. The number of benzene rings is 2. The van der Waals surface area contributed by atoms with E-state index in [2.05, 4.69) is 11.3 Å². The van der Waals surface area contributed by atoms with Crippen molar-refractivity contribution in [1.29, 1.82) is 0 Å². The maximum absolute atomic E-state index is 12.4. The van der Waals surface area contributed by atoms with Gasteiger partial charge in [0.05, 0.1) is 4.90 Å². The molecule has 24 heavy (non-hydrogen) atoms. The quantitative estimate of drug-likeness (QED) is 0.617. The standard InChI is InChI=1S/C19H21NO3S/c1-3-4-5-8-16-9-6-7-10-18(16)19(21)20-24(22,23)17-13-11-15(2)12-14-17/h3,6-7,9-14H,1,4-5,8H2,2H3,(H,20,21). The lowest BCUT2D eigenvalue weighted by Crippen LogP contribution is -2.31. The molecule has 1 N–H and O–H groups in total. The van der Waals surface area contributed by atoms with Crippen molar-refractivity contribution >= 4 is 15.9 Å². The SMILES string of the molecule is C=CCCCc1ccccc1C(=O)NS(=O)(=O)c1ccc(C)cc1. The highest BCUT2D eigenvalue weighted by molar-refractivity contribution is 7.90. The van der Waals surface area contributed by atoms with Gasteiger partial charge in [-0.25, -0.2) is 13.1 Å². The third-order valence-corrected chi connectivity index (χ3v) is 5.02. The fourth-order valence-electron chi connectivity index (χ4n) is 2.35. The van der Waals surface area contributed by atoms with Gasteiger partial charge in [0, 0.05) is 5.56 Å². The van der Waals surface area contributed by atoms with Crippen LogP contribution in [-0.4, -0.2) is 14.3 Å². The molecule has 0 spiro atoms. The van der Waals surface area contributed by atoms with Crippen molar-refractivity contribution in [2.24, 2.45) is 0 Å². The van der Waals surface area contributed by atoms with Gasteiger partial charge in [0.2, 0.25) is 0 Å². The monoisotopic (exact) mass is 343 g/mol. The average molecular weight is 343 g/mol. The summed E-state index contributed by atoms with van der Waals surface area (Å²) in [7, 11) is -3.88. The highest BCUT2D eigenvalue weighted by Crippen LogP contribution is 2.15. The molecule has 0 radical (unpaired) electrons. The lowest BCUT2D eigenvalue weighted by molar-refractivity contribution is 0.0980. The molecule has 2 aromatic rings. The molecule has 0 saturated carbocycles. The molecular weight excluding hydrogens is 322 g/mol. The highest BCUT2D eigenvalue weighted by Gasteiger charge is 2.20. The van der Waals surface area contributed by atoms with E-state index in [1.54, 1.807) is 24.3 Å². The van der Waals surface area contributed by atoms with Crippen molar-refractivity contribution in [2.45, 2.75) is 31.1 Å². The van der Waals surface area contributed by atoms with Gasteiger partial charge in [-0.1, -0.05) is 42.0 Å². The first kappa shape index (κ1) is 17.9. The first-order valence-corrected chi connectivity index (χ1v) is 9.25. The molecule has 5 heteroatoms. The zero-order valence-electron chi connectivity index (χ0n) is 13.7. The van der Waals surface area contributed by atoms with Crippen molar-refractivity contribution in [3.8, 4) is 0 Å². The summed E-state index contributed by atoms with van der Waals surface area (Å²) in [6.07, 6.45) is 4.22. The topological polar surface area (TPSA) is 63.2 Å². The Bertz CT molecular complexity index is 824. The molecule has 4 nitrogen and oxygen atoms in total. The molecule has 0 aliphatic heterocycles. The van der Waals surface area contributed by atoms with Gasteiger partial charge >= 0.3 is 0 Å². The van der Waals surface area contributed by atoms with Crippen molar-refractivity contribution in [1.82, 2.24) is 4.72 Å². The van der Waals surface area contributed by atoms with Crippen LogP contribution in [0.3, 0.4) is 0 Å². The Kier molecular flexibility index (Phi) is 5.93. The minimum Gasteiger partial charge on any atom is -0.268 e. The van der Waals surface area contributed by atoms with Crippen molar-refractivity contribution < 1.29 is 13.2 Å². The second kappa shape index (κ2) is 7.93. The Morgan fingerprint density at radius 2 is 1.79 bits per heavy atom. The number of rotatable bonds is 7. The van der Waals surface area contributed by atoms with Crippen molar-refractivity contribution in [2.75, 3.05) is 0 Å². The van der Waals surface area contributed by atoms with E-state index in [0.29, 0.717) is 12.0 Å². The number of unbranched alkanes of at least 4 members (excludes halogenated alkanes) is 1. The second-order valence-electron chi connectivity index (χ2n) is 5.59. The number of amides is 1. The van der Waals surface area contributed by atoms with Gasteiger partial charge in [0.1, 0.15) is 0 Å². The smallest absolute Gasteiger partial charge is 0.265 e. The van der Waals surface area contributed by atoms with Crippen LogP contribution < -0.4 is 4.72 Å². The van der Waals surface area contributed by atoms with E-state index in [-0.39, 0.29) is 4.90 Å². The third kappa shape index (κ3) is 4.55. The lowest BCUT2D eigenvalue weighted by atomic mass is 10.0. The number of aryl methyl sites for hydroxylation is 2. The van der Waals surface area contributed by atoms with E-state index in [1.165, 1.54) is 12.1 Å². The summed E-state index contributed by atoms with van der Waals surface area (Å²) in [6.45, 7) is 5.55. The molecule has 0 saturated heterocycles. The van der Waals surface area contributed by atoms with Gasteiger partial charge < -0.3 is 0 Å². The van der Waals surface area contributed by atoms with Crippen LogP contribution in [0.5, 0.6) is 0 Å². The highest BCUT2D eigenvalue weighted by atomic mass is 32.2. The Hall–Kier alpha value is -2.40. The maximum atomic E-state index is 12.4. The Balaban J connectivity index is 2.20. The molecule has 0 fully saturated rings. The summed E-state index contributed by atoms with van der Waals surface area (Å²) in [5.41, 5.74) is 2.17. The molecule has 0 aromatic heterocycles. The van der Waals surface area contributed by atoms with E-state index in [4.69, 9.17) is 0 Å². The summed E-state index contributed by atoms with van der Waals surface area (Å²) < 4.78 is 26.9. The summed E-state index contributed by atoms with van der Waals surface area (Å²) in [4.78, 5) is 12.5. The minimum atomic E-state index is -3.88. The molecule has 0 atom stereocenters. The molecule has 0 unspecified atom stereocenters. The Labute approximate surface area is 143 Å². The van der Waals surface area contributed by atoms with E-state index in [0.717, 1.165) is 24.0 Å². The molecule has 0 heterocycles. The first-order valence-electron chi connectivity index (χ1n) is 7.76. The average Bonchev–Trinajstić information content (AvgIpc) is 2.55. The molecule has 2 aromatic carbocycles. The number of carbonyl (C=O) groups excluding carboxylic acids is 1. The van der Waals surface area contributed by atoms with Crippen molar-refractivity contribution in [3.63, 3.8) is 0 Å². The van der Waals surface area contributed by atoms with Gasteiger partial charge in [-0.15, -0.1) is 6.58 Å². The van der Waals surface area contributed by atoms with Crippen LogP contribution >= 0.6 is 0 Å². The molecule has 0 aliphatic rings. The number of nitrogens with one attached hydrogen (secondary N) is 1. The number of allylic oxidation sites excluding steroid dienone is 1. The number of sulfonamides is 1. The fraction of sp³-hybridized carbons (Fsp3) is 0.211. The molecule has 126 valence electrons. The van der Waals surface area contributed by atoms with Gasteiger partial charge in [-0.2, -0.15) is 0 Å². The zero-order chi connectivity index (χ0) is 17.6. The van der Waals surface area contributed by atoms with Crippen LogP contribution in [0.15, 0.2) is 66.1 Å². The summed E-state index contributed by atoms with van der Waals surface area (Å²) in [5, 5.41) is 0. The summed E-state index contributed by atoms with van der Waals surface area (Å²) in [5.74, 6) is -0.607. The van der Waals surface area contributed by atoms with Crippen LogP contribution in [0, 0.1) is 6.92 Å². The van der Waals surface area contributed by atoms with Gasteiger partial charge in [-0.3, -0.25) is 4.79 Å². The van der Waals surface area contributed by atoms with Crippen LogP contribution in [0.1, 0.15) is 34.3 Å². The van der Waals surface area contributed by atoms with Gasteiger partial charge in [-0.05, 0) is 49.9 Å². The predicted molar refractivity (Wildman–Crippen MR) is 95.4 cm³/mol. The van der Waals surface area contributed by atoms with E-state index >= 15 is 0 Å². The van der Waals surface area contributed by atoms with E-state index in [1.807, 2.05) is 25.1 Å². The predicted octanol–water partition coefficient (Wildman–Crippen LogP) is 3.62. The molecule has 0 aliphatic carbocycles. The van der Waals surface area contributed by atoms with Gasteiger partial charge in [0.15, 0.2) is 0 Å². The fourth-order valence-corrected chi connectivity index (χ4v) is 3.32. The van der Waals surface area contributed by atoms with E-state index < -0.39 is 15.9 Å². The molecular formula is C19H21NO3S. The number of hydrogen-bond acceptors (Lipinski definition) is 3. The summed E-state index contributed by atoms with van der Waals surface area (Å²) in [6, 6.07) is 13.4. The normalized spacial score (nSPS) is 11.0. The number of carbonyl (C=O) groups is 1. The third-order valence-electron chi connectivity index (χ3n) is 3.67. The minimum absolute atomic E-state index is 0.0746. The van der Waals surface area contributed by atoms with E-state index in [9.17, 15) is 13.2 Å². The Morgan fingerprint density at radius 3 is 2.46 bits per heavy atom. The maximum Gasteiger partial charge on any atom is 0.265 e. The largest absolute Gasteiger partial charge is 0.268 e. The second-order valence-corrected chi connectivity index (χ2v) is 7.27. The summed E-state index contributed by atoms with van der Waals surface area (Å²) >= 11 is 0. The van der Waals surface area contributed by atoms with Crippen molar-refractivity contribution in [3.05, 3.63) is 77.9 Å². The first-order chi connectivity index (χ1) is 11.4. The zero-order valence-corrected chi connectivity index (χ0v) is 14.5. The van der Waals surface area contributed by atoms with Crippen LogP contribution in [-0.2, 0) is 16.4 Å². The number of hydrogen-bond donors (Lipinski definition) is 1. The molecule has 1 amide bonds. The lowest BCUT2D eigenvalue weighted by Gasteiger charge is -2.11. The Morgan fingerprint density at radius 1 is 1.12 bits per heavy atom. The molecule has 2 rings (SSSR count). The van der Waals surface area contributed by atoms with Gasteiger partial charge in [0.25, 0.3) is 15.9 Å². The van der Waals surface area contributed by atoms with Crippen LogP contribution in [0.4, 0.5) is 0 Å².